The van der Waals surface area contributed by atoms with E-state index in [0.717, 1.165) is 24.1 Å². The van der Waals surface area contributed by atoms with Crippen LogP contribution in [-0.4, -0.2) is 11.7 Å². The van der Waals surface area contributed by atoms with Gasteiger partial charge in [-0.15, -0.1) is 0 Å². The number of benzene rings is 2. The minimum Gasteiger partial charge on any atom is -0.326 e. The maximum Gasteiger partial charge on any atom is 0.228 e. The van der Waals surface area contributed by atoms with Crippen molar-refractivity contribution < 1.29 is 9.59 Å². The number of carbonyl (C=O) groups excluding carboxylic acids is 2. The average Bonchev–Trinajstić information content (AvgIpc) is 2.66. The van der Waals surface area contributed by atoms with Crippen LogP contribution in [0.5, 0.6) is 0 Å². The number of hydrogen-bond acceptors (Lipinski definition) is 2. The number of rotatable bonds is 9. The van der Waals surface area contributed by atoms with Crippen molar-refractivity contribution in [3.8, 4) is 0 Å². The molecule has 31 heavy (non-hydrogen) atoms. The zero-order chi connectivity index (χ0) is 23.1. The summed E-state index contributed by atoms with van der Waals surface area (Å²) in [4.78, 5) is 25.7. The molecule has 1 N–H and O–H groups in total. The van der Waals surface area contributed by atoms with Gasteiger partial charge in [-0.2, -0.15) is 0 Å². The molecule has 0 aliphatic heterocycles. The molecule has 2 aromatic rings. The first-order valence-electron chi connectivity index (χ1n) is 11.4. The number of nitrogens with one attached hydrogen (secondary N) is 1. The molecular weight excluding hydrogens is 382 g/mol. The van der Waals surface area contributed by atoms with Crippen molar-refractivity contribution in [3.63, 3.8) is 0 Å². The minimum absolute atomic E-state index is 0.0865. The molecule has 1 atom stereocenters. The largest absolute Gasteiger partial charge is 0.326 e. The predicted molar refractivity (Wildman–Crippen MR) is 130 cm³/mol. The predicted octanol–water partition coefficient (Wildman–Crippen LogP) is 6.86. The van der Waals surface area contributed by atoms with E-state index in [4.69, 9.17) is 0 Å². The molecule has 0 heterocycles. The Bertz CT molecular complexity index is 839. The molecule has 0 aliphatic rings. The van der Waals surface area contributed by atoms with Crippen LogP contribution in [0.15, 0.2) is 54.6 Å². The van der Waals surface area contributed by atoms with Gasteiger partial charge >= 0.3 is 0 Å². The third-order valence-corrected chi connectivity index (χ3v) is 5.28. The summed E-state index contributed by atoms with van der Waals surface area (Å²) >= 11 is 0. The van der Waals surface area contributed by atoms with Crippen molar-refractivity contribution in [2.45, 2.75) is 73.6 Å². The third-order valence-electron chi connectivity index (χ3n) is 5.28. The van der Waals surface area contributed by atoms with Gasteiger partial charge < -0.3 is 5.32 Å². The van der Waals surface area contributed by atoms with Crippen LogP contribution in [-0.2, 0) is 22.4 Å². The van der Waals surface area contributed by atoms with Gasteiger partial charge in [-0.3, -0.25) is 9.59 Å². The summed E-state index contributed by atoms with van der Waals surface area (Å²) in [5, 5.41) is 3.04. The van der Waals surface area contributed by atoms with E-state index >= 15 is 0 Å². The van der Waals surface area contributed by atoms with Crippen LogP contribution in [0.25, 0.3) is 0 Å². The van der Waals surface area contributed by atoms with Gasteiger partial charge in [0.1, 0.15) is 5.78 Å². The van der Waals surface area contributed by atoms with E-state index in [2.05, 4.69) is 59.0 Å². The highest BCUT2D eigenvalue weighted by Crippen LogP contribution is 2.24. The van der Waals surface area contributed by atoms with Gasteiger partial charge in [0.15, 0.2) is 0 Å². The Kier molecular flexibility index (Phi) is 8.61. The van der Waals surface area contributed by atoms with Crippen LogP contribution in [0, 0.1) is 16.7 Å². The number of ketones is 1. The summed E-state index contributed by atoms with van der Waals surface area (Å²) in [5.74, 6) is -0.299. The Hall–Kier alpha value is -2.42. The van der Waals surface area contributed by atoms with Crippen LogP contribution >= 0.6 is 0 Å². The first-order valence-corrected chi connectivity index (χ1v) is 11.4. The topological polar surface area (TPSA) is 46.2 Å². The lowest BCUT2D eigenvalue weighted by atomic mass is 9.86. The quantitative estimate of drug-likeness (QED) is 0.481. The summed E-state index contributed by atoms with van der Waals surface area (Å²) < 4.78 is 0. The molecule has 2 rings (SSSR count). The Morgan fingerprint density at radius 2 is 1.42 bits per heavy atom. The van der Waals surface area contributed by atoms with E-state index in [-0.39, 0.29) is 34.9 Å². The Labute approximate surface area is 188 Å². The SMILES string of the molecule is CC(C)(C)CCC(=O)C[C@@H](Cc1ccccc1)C(=O)Nc1ccc(CC(C)(C)C)cc1. The lowest BCUT2D eigenvalue weighted by Crippen LogP contribution is -2.27. The number of anilines is 1. The van der Waals surface area contributed by atoms with Crippen molar-refractivity contribution in [1.82, 2.24) is 0 Å². The Balaban J connectivity index is 2.07. The Morgan fingerprint density at radius 1 is 0.806 bits per heavy atom. The van der Waals surface area contributed by atoms with Gasteiger partial charge in [-0.1, -0.05) is 84.0 Å². The number of amides is 1. The lowest BCUT2D eigenvalue weighted by molar-refractivity contribution is -0.126. The van der Waals surface area contributed by atoms with E-state index in [1.165, 1.54) is 5.56 Å². The molecule has 0 spiro atoms. The highest BCUT2D eigenvalue weighted by atomic mass is 16.2. The van der Waals surface area contributed by atoms with Crippen LogP contribution in [0.3, 0.4) is 0 Å². The molecule has 0 saturated heterocycles. The highest BCUT2D eigenvalue weighted by Gasteiger charge is 2.24. The van der Waals surface area contributed by atoms with Crippen LogP contribution in [0.2, 0.25) is 0 Å². The molecule has 3 nitrogen and oxygen atoms in total. The normalized spacial score (nSPS) is 13.0. The second-order valence-corrected chi connectivity index (χ2v) is 11.1. The van der Waals surface area contributed by atoms with E-state index in [1.54, 1.807) is 0 Å². The first-order chi connectivity index (χ1) is 14.4. The van der Waals surface area contributed by atoms with Gasteiger partial charge in [0, 0.05) is 24.4 Å². The van der Waals surface area contributed by atoms with E-state index in [1.807, 2.05) is 42.5 Å². The lowest BCUT2D eigenvalue weighted by Gasteiger charge is -2.20. The van der Waals surface area contributed by atoms with Crippen LogP contribution < -0.4 is 5.32 Å². The first kappa shape index (κ1) is 24.8. The second kappa shape index (κ2) is 10.7. The summed E-state index contributed by atoms with van der Waals surface area (Å²) in [6.07, 6.45) is 3.18. The molecule has 0 radical (unpaired) electrons. The zero-order valence-corrected chi connectivity index (χ0v) is 20.1. The fraction of sp³-hybridized carbons (Fsp3) is 0.500. The molecule has 0 aromatic heterocycles. The third kappa shape index (κ3) is 9.95. The molecule has 3 heteroatoms. The molecule has 0 unspecified atom stereocenters. The Morgan fingerprint density at radius 3 is 1.97 bits per heavy atom. The molecule has 0 aliphatic carbocycles. The monoisotopic (exact) mass is 421 g/mol. The summed E-state index contributed by atoms with van der Waals surface area (Å²) in [5.41, 5.74) is 3.44. The fourth-order valence-corrected chi connectivity index (χ4v) is 3.61. The van der Waals surface area contributed by atoms with Gasteiger partial charge in [0.05, 0.1) is 0 Å². The molecular formula is C28H39NO2. The minimum atomic E-state index is -0.371. The maximum atomic E-state index is 13.1. The van der Waals surface area contributed by atoms with Crippen molar-refractivity contribution >= 4 is 17.4 Å². The molecule has 1 amide bonds. The van der Waals surface area contributed by atoms with Crippen molar-refractivity contribution in [1.29, 1.82) is 0 Å². The smallest absolute Gasteiger partial charge is 0.228 e. The van der Waals surface area contributed by atoms with Crippen LogP contribution in [0.1, 0.15) is 71.9 Å². The van der Waals surface area contributed by atoms with E-state index in [9.17, 15) is 9.59 Å². The number of Topliss-reactive ketones (excluding diaryl/α,β-unsaturated/α-hetero) is 1. The second-order valence-electron chi connectivity index (χ2n) is 11.1. The van der Waals surface area contributed by atoms with Gasteiger partial charge in [-0.05, 0) is 53.4 Å². The van der Waals surface area contributed by atoms with E-state index in [0.29, 0.717) is 12.8 Å². The molecule has 0 saturated carbocycles. The average molecular weight is 422 g/mol. The maximum absolute atomic E-state index is 13.1. The summed E-state index contributed by atoms with van der Waals surface area (Å²) in [6, 6.07) is 18.0. The van der Waals surface area contributed by atoms with Crippen molar-refractivity contribution in [2.75, 3.05) is 5.32 Å². The summed E-state index contributed by atoms with van der Waals surface area (Å²) in [6.45, 7) is 13.1. The van der Waals surface area contributed by atoms with Gasteiger partial charge in [0.25, 0.3) is 0 Å². The van der Waals surface area contributed by atoms with E-state index < -0.39 is 0 Å². The summed E-state index contributed by atoms with van der Waals surface area (Å²) in [7, 11) is 0. The van der Waals surface area contributed by atoms with Gasteiger partial charge in [-0.25, -0.2) is 0 Å². The van der Waals surface area contributed by atoms with Crippen molar-refractivity contribution in [2.24, 2.45) is 16.7 Å². The molecule has 0 bridgehead atoms. The van der Waals surface area contributed by atoms with Gasteiger partial charge in [0.2, 0.25) is 5.91 Å². The molecule has 168 valence electrons. The fourth-order valence-electron chi connectivity index (χ4n) is 3.61. The molecule has 2 aromatic carbocycles. The number of hydrogen-bond donors (Lipinski definition) is 1. The van der Waals surface area contributed by atoms with Crippen LogP contribution in [0.4, 0.5) is 5.69 Å². The molecule has 0 fully saturated rings. The van der Waals surface area contributed by atoms with Crippen molar-refractivity contribution in [3.05, 3.63) is 65.7 Å². The highest BCUT2D eigenvalue weighted by molar-refractivity contribution is 5.95. The standard InChI is InChI=1S/C28H39NO2/c1-27(2,3)17-16-25(30)19-23(18-21-10-8-7-9-11-21)26(31)29-24-14-12-22(13-15-24)20-28(4,5)6/h7-15,23H,16-20H2,1-6H3,(H,29,31)/t23-/m1/s1. The number of carbonyl (C=O) groups is 2. The zero-order valence-electron chi connectivity index (χ0n) is 20.1.